The summed E-state index contributed by atoms with van der Waals surface area (Å²) in [6.45, 7) is -2.90. The zero-order valence-corrected chi connectivity index (χ0v) is 15.4. The van der Waals surface area contributed by atoms with Crippen molar-refractivity contribution in [2.75, 3.05) is 0 Å². The lowest BCUT2D eigenvalue weighted by Crippen LogP contribution is -2.06. The van der Waals surface area contributed by atoms with Crippen LogP contribution in [0.2, 0.25) is 0 Å². The van der Waals surface area contributed by atoms with Gasteiger partial charge in [0, 0.05) is 36.1 Å². The second-order valence-electron chi connectivity index (χ2n) is 6.48. The summed E-state index contributed by atoms with van der Waals surface area (Å²) >= 11 is 0. The number of alkyl halides is 2. The number of hydrogen-bond donors (Lipinski definition) is 0. The fourth-order valence-corrected chi connectivity index (χ4v) is 3.01. The number of aryl methyl sites for hydroxylation is 1. The molecule has 0 aliphatic heterocycles. The van der Waals surface area contributed by atoms with E-state index >= 15 is 0 Å². The van der Waals surface area contributed by atoms with Gasteiger partial charge in [0.15, 0.2) is 5.78 Å². The van der Waals surface area contributed by atoms with Crippen LogP contribution in [0.4, 0.5) is 8.78 Å². The molecule has 4 aromatic rings. The minimum Gasteiger partial charge on any atom is -0.435 e. The first-order valence-corrected chi connectivity index (χ1v) is 8.79. The van der Waals surface area contributed by atoms with Gasteiger partial charge >= 0.3 is 6.61 Å². The minimum atomic E-state index is -2.90. The number of Topliss-reactive ketones (excluding diaryl/α,β-unsaturated/α-hetero) is 1. The Morgan fingerprint density at radius 1 is 1.07 bits per heavy atom. The summed E-state index contributed by atoms with van der Waals surface area (Å²) in [7, 11) is 1.89. The number of rotatable bonds is 6. The fraction of sp³-hybridized carbons (Fsp3) is 0.143. The molecular formula is C21H16F2N4O2. The maximum atomic E-state index is 12.5. The molecule has 8 heteroatoms. The van der Waals surface area contributed by atoms with Crippen LogP contribution in [0.1, 0.15) is 16.1 Å². The van der Waals surface area contributed by atoms with Crippen molar-refractivity contribution >= 4 is 16.6 Å². The number of carbonyl (C=O) groups is 1. The van der Waals surface area contributed by atoms with Crippen LogP contribution in [0.15, 0.2) is 61.3 Å². The Hall–Kier alpha value is -3.68. The highest BCUT2D eigenvalue weighted by molar-refractivity contribution is 5.98. The van der Waals surface area contributed by atoms with E-state index in [0.717, 1.165) is 22.2 Å². The van der Waals surface area contributed by atoms with Crippen molar-refractivity contribution in [3.63, 3.8) is 0 Å². The lowest BCUT2D eigenvalue weighted by Gasteiger charge is -2.07. The number of hydrogen-bond acceptors (Lipinski definition) is 5. The highest BCUT2D eigenvalue weighted by atomic mass is 19.3. The zero-order valence-electron chi connectivity index (χ0n) is 15.4. The molecule has 4 rings (SSSR count). The van der Waals surface area contributed by atoms with E-state index in [1.54, 1.807) is 24.9 Å². The SMILES string of the molecule is Cn1cncc1-c1cc2cc(CC(=O)c3ccc(OC(F)F)cc3)ncc2cn1. The van der Waals surface area contributed by atoms with Gasteiger partial charge in [-0.15, -0.1) is 0 Å². The topological polar surface area (TPSA) is 69.9 Å². The standard InChI is InChI=1S/C21H16F2N4O2/c1-27-12-24-11-19(27)18-7-14-6-16(25-9-15(14)10-26-18)8-20(28)13-2-4-17(5-3-13)29-21(22)23/h2-7,9-12,21H,8H2,1H3. The molecule has 0 unspecified atom stereocenters. The molecule has 0 saturated carbocycles. The van der Waals surface area contributed by atoms with Gasteiger partial charge in [0.05, 0.1) is 30.3 Å². The van der Waals surface area contributed by atoms with Crippen molar-refractivity contribution in [3.05, 3.63) is 72.6 Å². The van der Waals surface area contributed by atoms with Crippen molar-refractivity contribution in [2.45, 2.75) is 13.0 Å². The third-order valence-corrected chi connectivity index (χ3v) is 4.48. The Bertz CT molecular complexity index is 1170. The highest BCUT2D eigenvalue weighted by Crippen LogP contribution is 2.22. The fourth-order valence-electron chi connectivity index (χ4n) is 3.01. The molecule has 0 saturated heterocycles. The molecule has 3 aromatic heterocycles. The first-order valence-electron chi connectivity index (χ1n) is 8.79. The van der Waals surface area contributed by atoms with Gasteiger partial charge in [-0.05, 0) is 41.8 Å². The molecular weight excluding hydrogens is 378 g/mol. The Labute approximate surface area is 164 Å². The van der Waals surface area contributed by atoms with Gasteiger partial charge in [0.25, 0.3) is 0 Å². The molecule has 0 bridgehead atoms. The summed E-state index contributed by atoms with van der Waals surface area (Å²) in [5.74, 6) is -0.156. The highest BCUT2D eigenvalue weighted by Gasteiger charge is 2.11. The van der Waals surface area contributed by atoms with Crippen molar-refractivity contribution < 1.29 is 18.3 Å². The van der Waals surface area contributed by atoms with E-state index in [2.05, 4.69) is 19.7 Å². The molecule has 1 aromatic carbocycles. The summed E-state index contributed by atoms with van der Waals surface area (Å²) in [5, 5.41) is 1.77. The molecule has 0 N–H and O–H groups in total. The van der Waals surface area contributed by atoms with Gasteiger partial charge in [-0.25, -0.2) is 4.98 Å². The average Bonchev–Trinajstić information content (AvgIpc) is 3.13. The van der Waals surface area contributed by atoms with Gasteiger partial charge in [-0.3, -0.25) is 14.8 Å². The molecule has 0 atom stereocenters. The Morgan fingerprint density at radius 3 is 2.52 bits per heavy atom. The van der Waals surface area contributed by atoms with Gasteiger partial charge in [0.2, 0.25) is 0 Å². The maximum Gasteiger partial charge on any atom is 0.387 e. The number of ketones is 1. The number of fused-ring (bicyclic) bond motifs is 1. The normalized spacial score (nSPS) is 11.2. The molecule has 146 valence electrons. The van der Waals surface area contributed by atoms with Crippen molar-refractivity contribution in [2.24, 2.45) is 7.05 Å². The van der Waals surface area contributed by atoms with Gasteiger partial charge in [-0.1, -0.05) is 0 Å². The maximum absolute atomic E-state index is 12.5. The number of nitrogens with zero attached hydrogens (tertiary/aromatic N) is 4. The van der Waals surface area contributed by atoms with Gasteiger partial charge in [-0.2, -0.15) is 8.78 Å². The van der Waals surface area contributed by atoms with Gasteiger partial charge < -0.3 is 9.30 Å². The molecule has 0 aliphatic rings. The van der Waals surface area contributed by atoms with Crippen LogP contribution in [0.3, 0.4) is 0 Å². The first kappa shape index (κ1) is 18.7. The summed E-state index contributed by atoms with van der Waals surface area (Å²) in [6, 6.07) is 9.40. The molecule has 0 radical (unpaired) electrons. The number of ether oxygens (including phenoxy) is 1. The van der Waals surface area contributed by atoms with Crippen molar-refractivity contribution in [1.82, 2.24) is 19.5 Å². The van der Waals surface area contributed by atoms with Crippen LogP contribution in [-0.2, 0) is 13.5 Å². The first-order chi connectivity index (χ1) is 14.0. The van der Waals surface area contributed by atoms with E-state index in [1.807, 2.05) is 23.7 Å². The van der Waals surface area contributed by atoms with E-state index in [0.29, 0.717) is 11.3 Å². The summed E-state index contributed by atoms with van der Waals surface area (Å²) in [4.78, 5) is 25.4. The van der Waals surface area contributed by atoms with E-state index in [9.17, 15) is 13.6 Å². The van der Waals surface area contributed by atoms with Crippen LogP contribution < -0.4 is 4.74 Å². The average molecular weight is 394 g/mol. The number of carbonyl (C=O) groups excluding carboxylic acids is 1. The van der Waals surface area contributed by atoms with E-state index in [1.165, 1.54) is 24.3 Å². The predicted molar refractivity (Wildman–Crippen MR) is 103 cm³/mol. The lowest BCUT2D eigenvalue weighted by molar-refractivity contribution is -0.0498. The van der Waals surface area contributed by atoms with E-state index in [4.69, 9.17) is 0 Å². The molecule has 0 spiro atoms. The monoisotopic (exact) mass is 394 g/mol. The molecule has 3 heterocycles. The number of aromatic nitrogens is 4. The predicted octanol–water partition coefficient (Wildman–Crippen LogP) is 4.06. The van der Waals surface area contributed by atoms with Crippen molar-refractivity contribution in [3.8, 4) is 17.1 Å². The molecule has 0 aliphatic carbocycles. The second kappa shape index (κ2) is 7.75. The number of pyridine rings is 2. The zero-order chi connectivity index (χ0) is 20.4. The van der Waals surface area contributed by atoms with Crippen molar-refractivity contribution in [1.29, 1.82) is 0 Å². The van der Waals surface area contributed by atoms with E-state index < -0.39 is 6.61 Å². The molecule has 29 heavy (non-hydrogen) atoms. The minimum absolute atomic E-state index is 0.00979. The van der Waals surface area contributed by atoms with Crippen LogP contribution in [-0.4, -0.2) is 31.9 Å². The smallest absolute Gasteiger partial charge is 0.387 e. The lowest BCUT2D eigenvalue weighted by atomic mass is 10.0. The summed E-state index contributed by atoms with van der Waals surface area (Å²) in [5.41, 5.74) is 2.67. The Balaban J connectivity index is 1.56. The van der Waals surface area contributed by atoms with E-state index in [-0.39, 0.29) is 18.0 Å². The molecule has 6 nitrogen and oxygen atoms in total. The van der Waals surface area contributed by atoms with Crippen LogP contribution in [0.5, 0.6) is 5.75 Å². The van der Waals surface area contributed by atoms with Gasteiger partial charge in [0.1, 0.15) is 5.75 Å². The number of benzene rings is 1. The molecule has 0 fully saturated rings. The quantitative estimate of drug-likeness (QED) is 0.462. The largest absolute Gasteiger partial charge is 0.435 e. The van der Waals surface area contributed by atoms with Crippen LogP contribution >= 0.6 is 0 Å². The summed E-state index contributed by atoms with van der Waals surface area (Å²) < 4.78 is 30.6. The van der Waals surface area contributed by atoms with Crippen LogP contribution in [0, 0.1) is 0 Å². The molecule has 0 amide bonds. The van der Waals surface area contributed by atoms with Crippen LogP contribution in [0.25, 0.3) is 22.2 Å². The number of imidazole rings is 1. The third kappa shape index (κ3) is 4.11. The summed E-state index contributed by atoms with van der Waals surface area (Å²) in [6.07, 6.45) is 6.95. The number of halogens is 2. The third-order valence-electron chi connectivity index (χ3n) is 4.48. The Morgan fingerprint density at radius 2 is 1.83 bits per heavy atom. The second-order valence-corrected chi connectivity index (χ2v) is 6.48. The Kier molecular flexibility index (Phi) is 4.99.